The Morgan fingerprint density at radius 1 is 0.917 bits per heavy atom. The van der Waals surface area contributed by atoms with Crippen LogP contribution in [0.5, 0.6) is 0 Å². The molecule has 2 aliphatic rings. The van der Waals surface area contributed by atoms with Gasteiger partial charge in [-0.05, 0) is 26.7 Å². The SMILES string of the molecule is CC(CCN=C=O)O[C@H]1COC2C1OC[C@H]2OC(C)CCN=C=O. The van der Waals surface area contributed by atoms with Crippen molar-refractivity contribution in [1.29, 1.82) is 0 Å². The minimum Gasteiger partial charge on any atom is -0.370 e. The van der Waals surface area contributed by atoms with Gasteiger partial charge >= 0.3 is 0 Å². The topological polar surface area (TPSA) is 95.8 Å². The molecule has 2 fully saturated rings. The van der Waals surface area contributed by atoms with E-state index < -0.39 is 0 Å². The quantitative estimate of drug-likeness (QED) is 0.431. The monoisotopic (exact) mass is 340 g/mol. The van der Waals surface area contributed by atoms with Gasteiger partial charge in [0.1, 0.15) is 24.4 Å². The van der Waals surface area contributed by atoms with Crippen molar-refractivity contribution in [3.05, 3.63) is 0 Å². The Morgan fingerprint density at radius 3 is 1.71 bits per heavy atom. The van der Waals surface area contributed by atoms with Crippen molar-refractivity contribution in [3.8, 4) is 0 Å². The van der Waals surface area contributed by atoms with Crippen molar-refractivity contribution in [3.63, 3.8) is 0 Å². The van der Waals surface area contributed by atoms with Crippen molar-refractivity contribution in [2.75, 3.05) is 26.3 Å². The number of fused-ring (bicyclic) bond motifs is 1. The maximum absolute atomic E-state index is 10.1. The first-order chi connectivity index (χ1) is 11.7. The molecule has 0 bridgehead atoms. The Bertz CT molecular complexity index is 445. The van der Waals surface area contributed by atoms with Gasteiger partial charge in [0.05, 0.1) is 38.5 Å². The molecule has 8 heteroatoms. The van der Waals surface area contributed by atoms with Crippen molar-refractivity contribution >= 4 is 12.2 Å². The van der Waals surface area contributed by atoms with Gasteiger partial charge in [0.25, 0.3) is 0 Å². The summed E-state index contributed by atoms with van der Waals surface area (Å²) in [5.41, 5.74) is 0. The van der Waals surface area contributed by atoms with Gasteiger partial charge in [-0.25, -0.2) is 19.6 Å². The van der Waals surface area contributed by atoms with Gasteiger partial charge in [-0.2, -0.15) is 0 Å². The highest BCUT2D eigenvalue weighted by atomic mass is 16.6. The number of nitrogens with zero attached hydrogens (tertiary/aromatic N) is 2. The highest BCUT2D eigenvalue weighted by Gasteiger charge is 2.49. The van der Waals surface area contributed by atoms with Crippen molar-refractivity contribution in [2.45, 2.75) is 63.3 Å². The zero-order valence-electron chi connectivity index (χ0n) is 14.1. The molecule has 0 amide bonds. The Labute approximate surface area is 141 Å². The highest BCUT2D eigenvalue weighted by molar-refractivity contribution is 5.32. The molecule has 8 nitrogen and oxygen atoms in total. The summed E-state index contributed by atoms with van der Waals surface area (Å²) in [6, 6.07) is 0. The van der Waals surface area contributed by atoms with Gasteiger partial charge in [-0.15, -0.1) is 0 Å². The van der Waals surface area contributed by atoms with E-state index in [9.17, 15) is 9.59 Å². The van der Waals surface area contributed by atoms with E-state index in [-0.39, 0.29) is 36.6 Å². The third kappa shape index (κ3) is 5.31. The van der Waals surface area contributed by atoms with E-state index in [0.29, 0.717) is 39.1 Å². The Hall–Kier alpha value is -1.40. The Kier molecular flexibility index (Phi) is 7.72. The number of ether oxygens (including phenoxy) is 4. The molecule has 0 saturated carbocycles. The van der Waals surface area contributed by atoms with Crippen LogP contribution in [0.25, 0.3) is 0 Å². The minimum absolute atomic E-state index is 0.0434. The predicted molar refractivity (Wildman–Crippen MR) is 83.4 cm³/mol. The van der Waals surface area contributed by atoms with Crippen molar-refractivity contribution in [1.82, 2.24) is 0 Å². The van der Waals surface area contributed by atoms with Crippen LogP contribution in [0.1, 0.15) is 26.7 Å². The van der Waals surface area contributed by atoms with E-state index in [1.165, 1.54) is 12.2 Å². The van der Waals surface area contributed by atoms with Gasteiger partial charge in [0.15, 0.2) is 0 Å². The number of hydrogen-bond donors (Lipinski definition) is 0. The molecule has 0 aromatic heterocycles. The fourth-order valence-electron chi connectivity index (χ4n) is 2.98. The van der Waals surface area contributed by atoms with E-state index in [4.69, 9.17) is 18.9 Å². The zero-order valence-corrected chi connectivity index (χ0v) is 14.1. The summed E-state index contributed by atoms with van der Waals surface area (Å²) in [4.78, 5) is 27.2. The highest BCUT2D eigenvalue weighted by Crippen LogP contribution is 2.32. The normalized spacial score (nSPS) is 30.9. The molecular weight excluding hydrogens is 316 g/mol. The molecule has 134 valence electrons. The summed E-state index contributed by atoms with van der Waals surface area (Å²) < 4.78 is 23.5. The molecule has 0 radical (unpaired) electrons. The van der Waals surface area contributed by atoms with Crippen LogP contribution < -0.4 is 0 Å². The summed E-state index contributed by atoms with van der Waals surface area (Å²) in [6.07, 6.45) is 3.67. The number of isocyanates is 2. The molecule has 2 heterocycles. The molecule has 0 aromatic rings. The fraction of sp³-hybridized carbons (Fsp3) is 0.875. The van der Waals surface area contributed by atoms with Crippen LogP contribution in [0.15, 0.2) is 9.98 Å². The lowest BCUT2D eigenvalue weighted by atomic mass is 10.1. The van der Waals surface area contributed by atoms with E-state index in [0.717, 1.165) is 0 Å². The largest absolute Gasteiger partial charge is 0.370 e. The van der Waals surface area contributed by atoms with Crippen molar-refractivity contribution < 1.29 is 28.5 Å². The Morgan fingerprint density at radius 2 is 1.33 bits per heavy atom. The Balaban J connectivity index is 1.76. The van der Waals surface area contributed by atoms with Crippen LogP contribution >= 0.6 is 0 Å². The van der Waals surface area contributed by atoms with E-state index in [1.54, 1.807) is 0 Å². The molecular formula is C16H24N2O6. The first-order valence-electron chi connectivity index (χ1n) is 8.27. The molecule has 2 saturated heterocycles. The standard InChI is InChI=1S/C16H24N2O6/c1-11(3-5-17-9-19)23-13-7-21-16-14(8-22-15(13)16)24-12(2)4-6-18-10-20/h11-16H,3-8H2,1-2H3/t11?,12?,13-,14+,15?,16?. The van der Waals surface area contributed by atoms with Gasteiger partial charge in [-0.1, -0.05) is 0 Å². The second-order valence-corrected chi connectivity index (χ2v) is 6.09. The average molecular weight is 340 g/mol. The van der Waals surface area contributed by atoms with Gasteiger partial charge in [0.2, 0.25) is 12.2 Å². The van der Waals surface area contributed by atoms with Gasteiger partial charge in [0, 0.05) is 0 Å². The molecule has 0 aliphatic carbocycles. The molecule has 0 N–H and O–H groups in total. The summed E-state index contributed by atoms with van der Waals surface area (Å²) in [7, 11) is 0. The first-order valence-corrected chi connectivity index (χ1v) is 8.27. The molecule has 4 unspecified atom stereocenters. The fourth-order valence-corrected chi connectivity index (χ4v) is 2.98. The number of hydrogen-bond acceptors (Lipinski definition) is 8. The van der Waals surface area contributed by atoms with Crippen molar-refractivity contribution in [2.24, 2.45) is 9.98 Å². The van der Waals surface area contributed by atoms with Crippen LogP contribution in [-0.2, 0) is 28.5 Å². The molecule has 2 rings (SSSR count). The van der Waals surface area contributed by atoms with Crippen LogP contribution in [0.2, 0.25) is 0 Å². The third-order valence-electron chi connectivity index (χ3n) is 4.20. The lowest BCUT2D eigenvalue weighted by Crippen LogP contribution is -2.36. The molecule has 24 heavy (non-hydrogen) atoms. The number of carbonyl (C=O) groups excluding carboxylic acids is 2. The molecule has 0 spiro atoms. The predicted octanol–water partition coefficient (Wildman–Crippen LogP) is 0.783. The molecule has 6 atom stereocenters. The van der Waals surface area contributed by atoms with E-state index in [2.05, 4.69) is 9.98 Å². The minimum atomic E-state index is -0.146. The number of aliphatic imine (C=N–C) groups is 2. The van der Waals surface area contributed by atoms with Crippen LogP contribution in [-0.4, -0.2) is 75.1 Å². The summed E-state index contributed by atoms with van der Waals surface area (Å²) in [5, 5.41) is 0. The van der Waals surface area contributed by atoms with Crippen LogP contribution in [0.4, 0.5) is 0 Å². The maximum atomic E-state index is 10.1. The lowest BCUT2D eigenvalue weighted by Gasteiger charge is -2.22. The number of rotatable bonds is 10. The summed E-state index contributed by atoms with van der Waals surface area (Å²) in [5.74, 6) is 0. The third-order valence-corrected chi connectivity index (χ3v) is 4.20. The van der Waals surface area contributed by atoms with E-state index in [1.807, 2.05) is 13.8 Å². The van der Waals surface area contributed by atoms with Crippen LogP contribution in [0, 0.1) is 0 Å². The molecule has 0 aromatic carbocycles. The second-order valence-electron chi connectivity index (χ2n) is 6.09. The first kappa shape index (κ1) is 18.9. The average Bonchev–Trinajstić information content (AvgIpc) is 3.12. The van der Waals surface area contributed by atoms with Gasteiger partial charge < -0.3 is 18.9 Å². The van der Waals surface area contributed by atoms with Gasteiger partial charge in [-0.3, -0.25) is 0 Å². The lowest BCUT2D eigenvalue weighted by molar-refractivity contribution is -0.0821. The summed E-state index contributed by atoms with van der Waals surface area (Å²) >= 11 is 0. The molecule has 2 aliphatic heterocycles. The zero-order chi connectivity index (χ0) is 17.4. The van der Waals surface area contributed by atoms with Crippen LogP contribution in [0.3, 0.4) is 0 Å². The summed E-state index contributed by atoms with van der Waals surface area (Å²) in [6.45, 7) is 5.60. The second kappa shape index (κ2) is 9.79. The smallest absolute Gasteiger partial charge is 0.234 e. The maximum Gasteiger partial charge on any atom is 0.234 e. The van der Waals surface area contributed by atoms with E-state index >= 15 is 0 Å².